The second-order valence-electron chi connectivity index (χ2n) is 12.2. The maximum absolute atomic E-state index is 13.8. The van der Waals surface area contributed by atoms with Gasteiger partial charge in [-0.1, -0.05) is 72.8 Å². The molecule has 9 heteroatoms. The van der Waals surface area contributed by atoms with Crippen LogP contribution in [0, 0.1) is 0 Å². The van der Waals surface area contributed by atoms with E-state index in [4.69, 9.17) is 4.74 Å². The maximum atomic E-state index is 13.8. The molecule has 42 heavy (non-hydrogen) atoms. The zero-order valence-corrected chi connectivity index (χ0v) is 27.1. The molecule has 230 valence electrons. The first-order chi connectivity index (χ1) is 19.8. The lowest BCUT2D eigenvalue weighted by atomic mass is 9.77. The summed E-state index contributed by atoms with van der Waals surface area (Å²) >= 11 is 3.46. The number of benzene rings is 2. The molecule has 2 aromatic rings. The number of carbonyl (C=O) groups excluding carboxylic acids is 2. The number of halogens is 2. The molecule has 3 fully saturated rings. The number of piperidine rings is 1. The molecule has 5 rings (SSSR count). The molecule has 0 aromatic heterocycles. The number of hydrogen-bond acceptors (Lipinski definition) is 5. The molecule has 2 saturated heterocycles. The molecule has 1 aliphatic carbocycles. The molecule has 1 atom stereocenters. The van der Waals surface area contributed by atoms with Gasteiger partial charge in [0.1, 0.15) is 23.9 Å². The number of hydrogen-bond donors (Lipinski definition) is 2. The molecule has 1 saturated carbocycles. The molecule has 0 bridgehead atoms. The SMILES string of the molecule is CCCCN1C(=O)[C@@H](CC2(O)CCCCC2)NC(=O)C12CCN(Cc1ccc(OCc3ccc(Br)cc3)cc1)CC2.Cl. The predicted octanol–water partition coefficient (Wildman–Crippen LogP) is 6.00. The van der Waals surface area contributed by atoms with Gasteiger partial charge in [0.25, 0.3) is 0 Å². The van der Waals surface area contributed by atoms with Crippen LogP contribution in [0.1, 0.15) is 82.3 Å². The highest BCUT2D eigenvalue weighted by Gasteiger charge is 2.54. The lowest BCUT2D eigenvalue weighted by Gasteiger charge is -2.52. The molecule has 7 nitrogen and oxygen atoms in total. The zero-order valence-electron chi connectivity index (χ0n) is 24.7. The predicted molar refractivity (Wildman–Crippen MR) is 171 cm³/mol. The third-order valence-electron chi connectivity index (χ3n) is 9.24. The molecule has 2 amide bonds. The van der Waals surface area contributed by atoms with Crippen molar-refractivity contribution >= 4 is 40.2 Å². The normalized spacial score (nSPS) is 22.0. The molecule has 2 aromatic carbocycles. The number of unbranched alkanes of at least 4 members (excludes halogenated alkanes) is 1. The molecule has 1 spiro atoms. The van der Waals surface area contributed by atoms with E-state index in [0.717, 1.165) is 67.5 Å². The molecular weight excluding hydrogens is 618 g/mol. The van der Waals surface area contributed by atoms with E-state index in [-0.39, 0.29) is 24.2 Å². The highest BCUT2D eigenvalue weighted by molar-refractivity contribution is 9.10. The molecule has 0 radical (unpaired) electrons. The minimum absolute atomic E-state index is 0. The summed E-state index contributed by atoms with van der Waals surface area (Å²) in [5.41, 5.74) is 0.674. The van der Waals surface area contributed by atoms with E-state index in [1.54, 1.807) is 0 Å². The van der Waals surface area contributed by atoms with E-state index in [2.05, 4.69) is 45.2 Å². The molecule has 2 N–H and O–H groups in total. The second kappa shape index (κ2) is 14.6. The number of likely N-dealkylation sites (tertiary alicyclic amines) is 1. The summed E-state index contributed by atoms with van der Waals surface area (Å²) in [6.45, 7) is 5.53. The number of amides is 2. The topological polar surface area (TPSA) is 82.1 Å². The van der Waals surface area contributed by atoms with Crippen molar-refractivity contribution in [2.45, 2.75) is 101 Å². The van der Waals surface area contributed by atoms with Crippen molar-refractivity contribution in [3.05, 3.63) is 64.1 Å². The summed E-state index contributed by atoms with van der Waals surface area (Å²) in [6.07, 6.45) is 7.91. The van der Waals surface area contributed by atoms with Gasteiger partial charge in [-0.3, -0.25) is 14.5 Å². The lowest BCUT2D eigenvalue weighted by molar-refractivity contribution is -0.163. The van der Waals surface area contributed by atoms with Gasteiger partial charge < -0.3 is 20.1 Å². The van der Waals surface area contributed by atoms with Crippen LogP contribution in [-0.4, -0.2) is 63.5 Å². The molecule has 3 aliphatic rings. The quantitative estimate of drug-likeness (QED) is 0.327. The first kappa shape index (κ1) is 32.8. The first-order valence-corrected chi connectivity index (χ1v) is 16.1. The Morgan fingerprint density at radius 3 is 2.24 bits per heavy atom. The summed E-state index contributed by atoms with van der Waals surface area (Å²) in [5, 5.41) is 14.2. The summed E-state index contributed by atoms with van der Waals surface area (Å²) in [5.74, 6) is 0.791. The van der Waals surface area contributed by atoms with Gasteiger partial charge in [-0.25, -0.2) is 0 Å². The van der Waals surface area contributed by atoms with Crippen molar-refractivity contribution in [2.24, 2.45) is 0 Å². The van der Waals surface area contributed by atoms with Gasteiger partial charge in [0, 0.05) is 37.1 Å². The van der Waals surface area contributed by atoms with E-state index in [1.165, 1.54) is 5.56 Å². The zero-order chi connectivity index (χ0) is 28.9. The summed E-state index contributed by atoms with van der Waals surface area (Å²) < 4.78 is 7.01. The fraction of sp³-hybridized carbons (Fsp3) is 0.576. The Morgan fingerprint density at radius 2 is 1.60 bits per heavy atom. The van der Waals surface area contributed by atoms with Crippen molar-refractivity contribution in [1.29, 1.82) is 0 Å². The van der Waals surface area contributed by atoms with Crippen molar-refractivity contribution in [3.63, 3.8) is 0 Å². The number of rotatable bonds is 10. The second-order valence-corrected chi connectivity index (χ2v) is 13.1. The van der Waals surface area contributed by atoms with Crippen LogP contribution in [0.4, 0.5) is 0 Å². The van der Waals surface area contributed by atoms with Gasteiger partial charge in [-0.2, -0.15) is 0 Å². The Kier molecular flexibility index (Phi) is 11.4. The first-order valence-electron chi connectivity index (χ1n) is 15.3. The maximum Gasteiger partial charge on any atom is 0.246 e. The number of piperazine rings is 1. The van der Waals surface area contributed by atoms with Gasteiger partial charge >= 0.3 is 0 Å². The summed E-state index contributed by atoms with van der Waals surface area (Å²) in [6, 6.07) is 15.7. The van der Waals surface area contributed by atoms with Crippen LogP contribution < -0.4 is 10.1 Å². The Labute approximate surface area is 264 Å². The number of carbonyl (C=O) groups is 2. The monoisotopic (exact) mass is 661 g/mol. The Hall–Kier alpha value is -2.13. The van der Waals surface area contributed by atoms with E-state index in [9.17, 15) is 14.7 Å². The van der Waals surface area contributed by atoms with E-state index >= 15 is 0 Å². The molecular formula is C33H45BrClN3O4. The van der Waals surface area contributed by atoms with Crippen LogP contribution in [0.3, 0.4) is 0 Å². The Bertz CT molecular complexity index is 1180. The van der Waals surface area contributed by atoms with Crippen molar-refractivity contribution in [1.82, 2.24) is 15.1 Å². The van der Waals surface area contributed by atoms with E-state index in [0.29, 0.717) is 45.3 Å². The fourth-order valence-corrected chi connectivity index (χ4v) is 6.99. The largest absolute Gasteiger partial charge is 0.489 e. The van der Waals surface area contributed by atoms with Crippen LogP contribution in [0.2, 0.25) is 0 Å². The molecule has 2 heterocycles. The van der Waals surface area contributed by atoms with Crippen LogP contribution in [-0.2, 0) is 22.7 Å². The van der Waals surface area contributed by atoms with Gasteiger partial charge in [0.2, 0.25) is 11.8 Å². The minimum atomic E-state index is -0.851. The van der Waals surface area contributed by atoms with Gasteiger partial charge in [0.15, 0.2) is 0 Å². The number of ether oxygens (including phenoxy) is 1. The Morgan fingerprint density at radius 1 is 0.952 bits per heavy atom. The Balaban J connectivity index is 0.00000405. The average Bonchev–Trinajstić information content (AvgIpc) is 2.98. The van der Waals surface area contributed by atoms with Gasteiger partial charge in [-0.05, 0) is 67.5 Å². The third-order valence-corrected chi connectivity index (χ3v) is 9.77. The van der Waals surface area contributed by atoms with Crippen molar-refractivity contribution in [2.75, 3.05) is 19.6 Å². The van der Waals surface area contributed by atoms with Crippen LogP contribution in [0.15, 0.2) is 53.0 Å². The summed E-state index contributed by atoms with van der Waals surface area (Å²) in [7, 11) is 0. The van der Waals surface area contributed by atoms with Crippen LogP contribution in [0.5, 0.6) is 5.75 Å². The van der Waals surface area contributed by atoms with Crippen molar-refractivity contribution in [3.8, 4) is 5.75 Å². The van der Waals surface area contributed by atoms with E-state index < -0.39 is 17.2 Å². The highest BCUT2D eigenvalue weighted by atomic mass is 79.9. The van der Waals surface area contributed by atoms with Crippen LogP contribution >= 0.6 is 28.3 Å². The van der Waals surface area contributed by atoms with Crippen LogP contribution in [0.25, 0.3) is 0 Å². The minimum Gasteiger partial charge on any atom is -0.489 e. The summed E-state index contributed by atoms with van der Waals surface area (Å²) in [4.78, 5) is 31.8. The standard InChI is InChI=1S/C33H44BrN3O4.ClH/c1-2-3-19-37-30(38)29(22-32(40)15-5-4-6-16-32)35-31(39)33(37)17-20-36(21-18-33)23-25-9-13-28(14-10-25)41-24-26-7-11-27(34)12-8-26;/h7-14,29,40H,2-6,15-24H2,1H3,(H,35,39);1H/t29-;/m1./s1. The van der Waals surface area contributed by atoms with Crippen molar-refractivity contribution < 1.29 is 19.4 Å². The van der Waals surface area contributed by atoms with E-state index in [1.807, 2.05) is 41.3 Å². The fourth-order valence-electron chi connectivity index (χ4n) is 6.72. The highest BCUT2D eigenvalue weighted by Crippen LogP contribution is 2.37. The molecule has 2 aliphatic heterocycles. The number of nitrogens with one attached hydrogen (secondary N) is 1. The number of aliphatic hydroxyl groups is 1. The average molecular weight is 663 g/mol. The smallest absolute Gasteiger partial charge is 0.246 e. The lowest BCUT2D eigenvalue weighted by Crippen LogP contribution is -2.73. The van der Waals surface area contributed by atoms with Gasteiger partial charge in [-0.15, -0.1) is 12.4 Å². The third kappa shape index (κ3) is 7.68. The number of nitrogens with zero attached hydrogens (tertiary/aromatic N) is 2. The van der Waals surface area contributed by atoms with Gasteiger partial charge in [0.05, 0.1) is 5.60 Å². The molecule has 0 unspecified atom stereocenters.